The fourth-order valence-electron chi connectivity index (χ4n) is 2.61. The number of aryl methyl sites for hydroxylation is 1. The highest BCUT2D eigenvalue weighted by atomic mass is 32.1. The molecule has 1 aliphatic heterocycles. The van der Waals surface area contributed by atoms with Crippen molar-refractivity contribution in [1.82, 2.24) is 15.2 Å². The fraction of sp³-hybridized carbons (Fsp3) is 0.438. The SMILES string of the molecule is Cc1sc(CCN2CCNCC2)nc1-c1ccccc1. The van der Waals surface area contributed by atoms with E-state index in [1.807, 2.05) is 11.3 Å². The number of thiazole rings is 1. The number of hydrogen-bond donors (Lipinski definition) is 1. The van der Waals surface area contributed by atoms with Crippen molar-refractivity contribution >= 4 is 11.3 Å². The summed E-state index contributed by atoms with van der Waals surface area (Å²) < 4.78 is 0. The zero-order valence-corrected chi connectivity index (χ0v) is 12.7. The molecule has 0 saturated carbocycles. The van der Waals surface area contributed by atoms with Crippen LogP contribution >= 0.6 is 11.3 Å². The number of aromatic nitrogens is 1. The third-order valence-electron chi connectivity index (χ3n) is 3.74. The van der Waals surface area contributed by atoms with Crippen LogP contribution in [0.5, 0.6) is 0 Å². The Balaban J connectivity index is 1.66. The van der Waals surface area contributed by atoms with Crippen molar-refractivity contribution in [2.24, 2.45) is 0 Å². The van der Waals surface area contributed by atoms with Crippen molar-refractivity contribution in [1.29, 1.82) is 0 Å². The molecular weight excluding hydrogens is 266 g/mol. The first kappa shape index (κ1) is 13.7. The molecule has 2 aromatic rings. The molecule has 0 atom stereocenters. The van der Waals surface area contributed by atoms with Gasteiger partial charge in [0.25, 0.3) is 0 Å². The molecule has 1 aromatic heterocycles. The maximum Gasteiger partial charge on any atom is 0.0948 e. The third kappa shape index (κ3) is 3.26. The normalized spacial score (nSPS) is 16.4. The van der Waals surface area contributed by atoms with Gasteiger partial charge in [0.2, 0.25) is 0 Å². The predicted molar refractivity (Wildman–Crippen MR) is 85.3 cm³/mol. The molecule has 0 amide bonds. The van der Waals surface area contributed by atoms with Crippen molar-refractivity contribution < 1.29 is 0 Å². The second-order valence-electron chi connectivity index (χ2n) is 5.22. The zero-order valence-electron chi connectivity index (χ0n) is 11.9. The van der Waals surface area contributed by atoms with Gasteiger partial charge in [0, 0.05) is 49.6 Å². The number of piperazine rings is 1. The van der Waals surface area contributed by atoms with Gasteiger partial charge in [-0.15, -0.1) is 11.3 Å². The molecule has 1 saturated heterocycles. The van der Waals surface area contributed by atoms with Crippen LogP contribution in [0.3, 0.4) is 0 Å². The van der Waals surface area contributed by atoms with Crippen molar-refractivity contribution in [2.75, 3.05) is 32.7 Å². The molecule has 4 heteroatoms. The highest BCUT2D eigenvalue weighted by Crippen LogP contribution is 2.27. The zero-order chi connectivity index (χ0) is 13.8. The molecule has 106 valence electrons. The fourth-order valence-corrected chi connectivity index (χ4v) is 3.55. The van der Waals surface area contributed by atoms with E-state index in [1.165, 1.54) is 15.4 Å². The van der Waals surface area contributed by atoms with Crippen LogP contribution in [0, 0.1) is 6.92 Å². The van der Waals surface area contributed by atoms with Crippen LogP contribution in [0.25, 0.3) is 11.3 Å². The lowest BCUT2D eigenvalue weighted by Crippen LogP contribution is -2.44. The summed E-state index contributed by atoms with van der Waals surface area (Å²) in [5, 5.41) is 4.66. The van der Waals surface area contributed by atoms with Crippen molar-refractivity contribution in [2.45, 2.75) is 13.3 Å². The van der Waals surface area contributed by atoms with E-state index in [1.54, 1.807) is 0 Å². The molecule has 1 aliphatic rings. The molecule has 0 aliphatic carbocycles. The Morgan fingerprint density at radius 2 is 1.95 bits per heavy atom. The van der Waals surface area contributed by atoms with Crippen LogP contribution < -0.4 is 5.32 Å². The molecule has 0 unspecified atom stereocenters. The molecule has 0 spiro atoms. The summed E-state index contributed by atoms with van der Waals surface area (Å²) in [6, 6.07) is 10.5. The molecular formula is C16H21N3S. The highest BCUT2D eigenvalue weighted by molar-refractivity contribution is 7.12. The summed E-state index contributed by atoms with van der Waals surface area (Å²) in [5.41, 5.74) is 2.39. The van der Waals surface area contributed by atoms with Gasteiger partial charge < -0.3 is 10.2 Å². The van der Waals surface area contributed by atoms with Gasteiger partial charge in [0.15, 0.2) is 0 Å². The van der Waals surface area contributed by atoms with E-state index < -0.39 is 0 Å². The molecule has 3 rings (SSSR count). The second kappa shape index (κ2) is 6.48. The first-order valence-corrected chi connectivity index (χ1v) is 8.09. The van der Waals surface area contributed by atoms with E-state index in [0.29, 0.717) is 0 Å². The largest absolute Gasteiger partial charge is 0.314 e. The first-order chi connectivity index (χ1) is 9.83. The van der Waals surface area contributed by atoms with Crippen LogP contribution in [0.4, 0.5) is 0 Å². The highest BCUT2D eigenvalue weighted by Gasteiger charge is 2.12. The average molecular weight is 287 g/mol. The minimum Gasteiger partial charge on any atom is -0.314 e. The molecule has 2 heterocycles. The van der Waals surface area contributed by atoms with E-state index in [0.717, 1.165) is 44.8 Å². The standard InChI is InChI=1S/C16H21N3S/c1-13-16(14-5-3-2-4-6-14)18-15(20-13)7-10-19-11-8-17-9-12-19/h2-6,17H,7-12H2,1H3. The maximum absolute atomic E-state index is 4.84. The number of hydrogen-bond acceptors (Lipinski definition) is 4. The van der Waals surface area contributed by atoms with Gasteiger partial charge in [-0.25, -0.2) is 4.98 Å². The molecule has 0 radical (unpaired) electrons. The summed E-state index contributed by atoms with van der Waals surface area (Å²) in [4.78, 5) is 8.69. The lowest BCUT2D eigenvalue weighted by Gasteiger charge is -2.26. The summed E-state index contributed by atoms with van der Waals surface area (Å²) in [7, 11) is 0. The lowest BCUT2D eigenvalue weighted by atomic mass is 10.1. The smallest absolute Gasteiger partial charge is 0.0948 e. The van der Waals surface area contributed by atoms with Crippen LogP contribution in [0.2, 0.25) is 0 Å². The second-order valence-corrected chi connectivity index (χ2v) is 6.51. The Morgan fingerprint density at radius 1 is 1.20 bits per heavy atom. The van der Waals surface area contributed by atoms with Gasteiger partial charge in [-0.2, -0.15) is 0 Å². The molecule has 0 bridgehead atoms. The molecule has 20 heavy (non-hydrogen) atoms. The molecule has 1 fully saturated rings. The number of benzene rings is 1. The molecule has 1 N–H and O–H groups in total. The summed E-state index contributed by atoms with van der Waals surface area (Å²) in [6.45, 7) is 7.86. The maximum atomic E-state index is 4.84. The lowest BCUT2D eigenvalue weighted by molar-refractivity contribution is 0.244. The Morgan fingerprint density at radius 3 is 2.70 bits per heavy atom. The van der Waals surface area contributed by atoms with Gasteiger partial charge in [-0.05, 0) is 6.92 Å². The van der Waals surface area contributed by atoms with E-state index in [-0.39, 0.29) is 0 Å². The first-order valence-electron chi connectivity index (χ1n) is 7.28. The predicted octanol–water partition coefficient (Wildman–Crippen LogP) is 2.57. The van der Waals surface area contributed by atoms with Gasteiger partial charge in [0.1, 0.15) is 0 Å². The summed E-state index contributed by atoms with van der Waals surface area (Å²) in [5.74, 6) is 0. The Labute approximate surface area is 124 Å². The van der Waals surface area contributed by atoms with Gasteiger partial charge >= 0.3 is 0 Å². The minimum atomic E-state index is 1.07. The van der Waals surface area contributed by atoms with Gasteiger partial charge in [0.05, 0.1) is 10.7 Å². The molecule has 1 aromatic carbocycles. The quantitative estimate of drug-likeness (QED) is 0.937. The number of rotatable bonds is 4. The third-order valence-corrected chi connectivity index (χ3v) is 4.77. The van der Waals surface area contributed by atoms with E-state index in [9.17, 15) is 0 Å². The molecule has 3 nitrogen and oxygen atoms in total. The Kier molecular flexibility index (Phi) is 4.45. The summed E-state index contributed by atoms with van der Waals surface area (Å²) >= 11 is 1.84. The number of nitrogens with one attached hydrogen (secondary N) is 1. The average Bonchev–Trinajstić information content (AvgIpc) is 2.88. The van der Waals surface area contributed by atoms with Crippen molar-refractivity contribution in [3.8, 4) is 11.3 Å². The van der Waals surface area contributed by atoms with Crippen molar-refractivity contribution in [3.05, 3.63) is 40.2 Å². The Hall–Kier alpha value is -1.23. The van der Waals surface area contributed by atoms with Crippen LogP contribution in [-0.4, -0.2) is 42.6 Å². The van der Waals surface area contributed by atoms with Gasteiger partial charge in [-0.3, -0.25) is 0 Å². The summed E-state index contributed by atoms with van der Waals surface area (Å²) in [6.07, 6.45) is 1.07. The topological polar surface area (TPSA) is 28.2 Å². The Bertz CT molecular complexity index is 544. The minimum absolute atomic E-state index is 1.07. The monoisotopic (exact) mass is 287 g/mol. The van der Waals surface area contributed by atoms with E-state index in [4.69, 9.17) is 4.98 Å². The van der Waals surface area contributed by atoms with Crippen LogP contribution in [0.15, 0.2) is 30.3 Å². The van der Waals surface area contributed by atoms with Gasteiger partial charge in [-0.1, -0.05) is 30.3 Å². The van der Waals surface area contributed by atoms with Crippen LogP contribution in [-0.2, 0) is 6.42 Å². The van der Waals surface area contributed by atoms with E-state index >= 15 is 0 Å². The van der Waals surface area contributed by atoms with Crippen LogP contribution in [0.1, 0.15) is 9.88 Å². The van der Waals surface area contributed by atoms with E-state index in [2.05, 4.69) is 47.5 Å². The number of nitrogens with zero attached hydrogens (tertiary/aromatic N) is 2. The van der Waals surface area contributed by atoms with Crippen molar-refractivity contribution in [3.63, 3.8) is 0 Å².